The number of aryl methyl sites for hydroxylation is 1. The van der Waals surface area contributed by atoms with E-state index in [-0.39, 0.29) is 5.91 Å². The van der Waals surface area contributed by atoms with Crippen molar-refractivity contribution in [2.24, 2.45) is 0 Å². The number of quaternary nitrogens is 1. The van der Waals surface area contributed by atoms with Gasteiger partial charge in [0, 0.05) is 30.0 Å². The number of rotatable bonds is 6. The van der Waals surface area contributed by atoms with Crippen LogP contribution in [0.3, 0.4) is 0 Å². The number of morpholine rings is 1. The summed E-state index contributed by atoms with van der Waals surface area (Å²) in [6.45, 7) is 6.68. The van der Waals surface area contributed by atoms with E-state index in [1.165, 1.54) is 16.8 Å². The van der Waals surface area contributed by atoms with E-state index < -0.39 is 0 Å². The topological polar surface area (TPSA) is 58.2 Å². The van der Waals surface area contributed by atoms with Gasteiger partial charge in [-0.2, -0.15) is 0 Å². The number of ether oxygens (including phenoxy) is 1. The third-order valence-corrected chi connectivity index (χ3v) is 4.36. The van der Waals surface area contributed by atoms with Gasteiger partial charge in [-0.3, -0.25) is 4.79 Å². The summed E-state index contributed by atoms with van der Waals surface area (Å²) in [6, 6.07) is 16.4. The number of anilines is 2. The summed E-state index contributed by atoms with van der Waals surface area (Å²) < 4.78 is 5.37. The van der Waals surface area contributed by atoms with E-state index in [0.29, 0.717) is 6.54 Å². The van der Waals surface area contributed by atoms with E-state index in [0.717, 1.165) is 38.5 Å². The molecule has 1 saturated heterocycles. The molecule has 132 valence electrons. The molecule has 0 saturated carbocycles. The lowest BCUT2D eigenvalue weighted by atomic mass is 10.1. The summed E-state index contributed by atoms with van der Waals surface area (Å²) in [7, 11) is 0. The fraction of sp³-hybridized carbons (Fsp3) is 0.350. The second-order valence-corrected chi connectivity index (χ2v) is 6.38. The van der Waals surface area contributed by atoms with Crippen LogP contribution in [0.5, 0.6) is 0 Å². The maximum atomic E-state index is 12.1. The Morgan fingerprint density at radius 2 is 1.76 bits per heavy atom. The lowest BCUT2D eigenvalue weighted by Crippen LogP contribution is -2.84. The van der Waals surface area contributed by atoms with Gasteiger partial charge in [0.15, 0.2) is 6.54 Å². The van der Waals surface area contributed by atoms with Crippen LogP contribution in [0, 0.1) is 6.92 Å². The van der Waals surface area contributed by atoms with Gasteiger partial charge in [0.2, 0.25) is 0 Å². The number of carbonyl (C=O) groups is 1. The predicted molar refractivity (Wildman–Crippen MR) is 99.8 cm³/mol. The zero-order chi connectivity index (χ0) is 17.5. The molecule has 0 spiro atoms. The number of amides is 1. The molecule has 1 fully saturated rings. The lowest BCUT2D eigenvalue weighted by molar-refractivity contribution is -0.659. The first-order valence-corrected chi connectivity index (χ1v) is 8.80. The van der Waals surface area contributed by atoms with E-state index in [4.69, 9.17) is 4.74 Å². The highest BCUT2D eigenvalue weighted by atomic mass is 16.5. The zero-order valence-electron chi connectivity index (χ0n) is 14.7. The van der Waals surface area contributed by atoms with Gasteiger partial charge in [0.05, 0.1) is 13.2 Å². The average Bonchev–Trinajstić information content (AvgIpc) is 2.65. The van der Waals surface area contributed by atoms with E-state index in [1.54, 1.807) is 0 Å². The number of nitrogens with one attached hydrogen (secondary N) is 1. The fourth-order valence-electron chi connectivity index (χ4n) is 2.88. The monoisotopic (exact) mass is 340 g/mol. The van der Waals surface area contributed by atoms with Crippen LogP contribution in [0.2, 0.25) is 0 Å². The molecule has 25 heavy (non-hydrogen) atoms. The minimum absolute atomic E-state index is 0.0197. The van der Waals surface area contributed by atoms with Crippen molar-refractivity contribution in [2.75, 3.05) is 43.1 Å². The van der Waals surface area contributed by atoms with Crippen molar-refractivity contribution in [1.29, 1.82) is 0 Å². The standard InChI is InChI=1S/C20H25N3O2/c1-16-2-4-17(5-3-16)14-21-15-20(24)22-18-6-8-19(9-7-18)23-10-12-25-13-11-23/h2-9,21H,10-15H2,1H3,(H,22,24)/p+1. The maximum Gasteiger partial charge on any atom is 0.279 e. The van der Waals surface area contributed by atoms with Gasteiger partial charge in [0.25, 0.3) is 5.91 Å². The van der Waals surface area contributed by atoms with E-state index in [1.807, 2.05) is 17.4 Å². The molecule has 0 atom stereocenters. The van der Waals surface area contributed by atoms with Crippen LogP contribution in [0.25, 0.3) is 0 Å². The van der Waals surface area contributed by atoms with Crippen LogP contribution in [-0.4, -0.2) is 38.8 Å². The van der Waals surface area contributed by atoms with Crippen molar-refractivity contribution in [3.8, 4) is 0 Å². The number of carbonyl (C=O) groups excluding carboxylic acids is 1. The Morgan fingerprint density at radius 1 is 1.08 bits per heavy atom. The van der Waals surface area contributed by atoms with Crippen molar-refractivity contribution in [3.63, 3.8) is 0 Å². The number of hydrogen-bond acceptors (Lipinski definition) is 3. The molecule has 0 unspecified atom stereocenters. The van der Waals surface area contributed by atoms with Gasteiger partial charge < -0.3 is 20.3 Å². The first-order valence-electron chi connectivity index (χ1n) is 8.80. The summed E-state index contributed by atoms with van der Waals surface area (Å²) in [5, 5.41) is 4.97. The first-order chi connectivity index (χ1) is 12.2. The Bertz CT molecular complexity index is 677. The fourth-order valence-corrected chi connectivity index (χ4v) is 2.88. The molecule has 0 aliphatic carbocycles. The largest absolute Gasteiger partial charge is 0.378 e. The first kappa shape index (κ1) is 17.5. The molecule has 3 N–H and O–H groups in total. The average molecular weight is 340 g/mol. The molecular weight excluding hydrogens is 314 g/mol. The highest BCUT2D eigenvalue weighted by Crippen LogP contribution is 2.18. The molecule has 0 radical (unpaired) electrons. The lowest BCUT2D eigenvalue weighted by Gasteiger charge is -2.28. The Labute approximate surface area is 149 Å². The van der Waals surface area contributed by atoms with Crippen LogP contribution in [-0.2, 0) is 16.1 Å². The summed E-state index contributed by atoms with van der Waals surface area (Å²) in [5.74, 6) is 0.0197. The molecule has 1 amide bonds. The molecular formula is C20H26N3O2+. The minimum Gasteiger partial charge on any atom is -0.378 e. The van der Waals surface area contributed by atoms with E-state index in [2.05, 4.69) is 53.5 Å². The van der Waals surface area contributed by atoms with Gasteiger partial charge in [0.1, 0.15) is 6.54 Å². The maximum absolute atomic E-state index is 12.1. The molecule has 1 aliphatic rings. The molecule has 3 rings (SSSR count). The summed E-state index contributed by atoms with van der Waals surface area (Å²) >= 11 is 0. The SMILES string of the molecule is Cc1ccc(C[NH2+]CC(=O)Nc2ccc(N3CCOCC3)cc2)cc1. The summed E-state index contributed by atoms with van der Waals surface area (Å²) in [6.07, 6.45) is 0. The Morgan fingerprint density at radius 3 is 2.44 bits per heavy atom. The number of nitrogens with two attached hydrogens (primary N) is 1. The molecule has 2 aromatic carbocycles. The van der Waals surface area contributed by atoms with Crippen LogP contribution < -0.4 is 15.5 Å². The molecule has 0 aromatic heterocycles. The van der Waals surface area contributed by atoms with Gasteiger partial charge in [-0.15, -0.1) is 0 Å². The third-order valence-electron chi connectivity index (χ3n) is 4.36. The highest BCUT2D eigenvalue weighted by molar-refractivity contribution is 5.91. The third kappa shape index (κ3) is 5.31. The van der Waals surface area contributed by atoms with Gasteiger partial charge in [-0.1, -0.05) is 29.8 Å². The predicted octanol–water partition coefficient (Wildman–Crippen LogP) is 1.53. The smallest absolute Gasteiger partial charge is 0.279 e. The molecule has 1 aliphatic heterocycles. The van der Waals surface area contributed by atoms with Crippen molar-refractivity contribution in [1.82, 2.24) is 0 Å². The molecule has 5 nitrogen and oxygen atoms in total. The van der Waals surface area contributed by atoms with E-state index >= 15 is 0 Å². The molecule has 5 heteroatoms. The molecule has 1 heterocycles. The van der Waals surface area contributed by atoms with Crippen molar-refractivity contribution < 1.29 is 14.8 Å². The van der Waals surface area contributed by atoms with Gasteiger partial charge >= 0.3 is 0 Å². The van der Waals surface area contributed by atoms with Crippen LogP contribution in [0.15, 0.2) is 48.5 Å². The van der Waals surface area contributed by atoms with Crippen LogP contribution in [0.1, 0.15) is 11.1 Å². The molecule has 0 bridgehead atoms. The number of nitrogens with zero attached hydrogens (tertiary/aromatic N) is 1. The van der Waals surface area contributed by atoms with Crippen LogP contribution in [0.4, 0.5) is 11.4 Å². The number of benzene rings is 2. The Kier molecular flexibility index (Phi) is 6.04. The zero-order valence-corrected chi connectivity index (χ0v) is 14.7. The van der Waals surface area contributed by atoms with Crippen LogP contribution >= 0.6 is 0 Å². The highest BCUT2D eigenvalue weighted by Gasteiger charge is 2.11. The summed E-state index contributed by atoms with van der Waals surface area (Å²) in [4.78, 5) is 14.4. The van der Waals surface area contributed by atoms with E-state index in [9.17, 15) is 4.79 Å². The van der Waals surface area contributed by atoms with Gasteiger partial charge in [-0.05, 0) is 31.2 Å². The Balaban J connectivity index is 1.43. The second-order valence-electron chi connectivity index (χ2n) is 6.38. The quantitative estimate of drug-likeness (QED) is 0.839. The molecule has 2 aromatic rings. The normalized spacial score (nSPS) is 14.4. The van der Waals surface area contributed by atoms with Crippen molar-refractivity contribution in [2.45, 2.75) is 13.5 Å². The van der Waals surface area contributed by atoms with Gasteiger partial charge in [-0.25, -0.2) is 0 Å². The minimum atomic E-state index is 0.0197. The summed E-state index contributed by atoms with van der Waals surface area (Å²) in [5.41, 5.74) is 4.49. The second kappa shape index (κ2) is 8.65. The Hall–Kier alpha value is -2.37. The number of hydrogen-bond donors (Lipinski definition) is 2. The van der Waals surface area contributed by atoms with Crippen molar-refractivity contribution >= 4 is 17.3 Å². The van der Waals surface area contributed by atoms with Crippen molar-refractivity contribution in [3.05, 3.63) is 59.7 Å².